The molecule has 0 bridgehead atoms. The van der Waals surface area contributed by atoms with Gasteiger partial charge >= 0.3 is 10.2 Å². The Balaban J connectivity index is 0.00000169. The van der Waals surface area contributed by atoms with Crippen LogP contribution in [-0.4, -0.2) is 31.2 Å². The third-order valence-corrected chi connectivity index (χ3v) is 3.65. The van der Waals surface area contributed by atoms with E-state index in [0.717, 1.165) is 6.42 Å². The molecule has 84 valence electrons. The van der Waals surface area contributed by atoms with Gasteiger partial charge in [0, 0.05) is 6.54 Å². The zero-order chi connectivity index (χ0) is 10.1. The van der Waals surface area contributed by atoms with E-state index in [1.165, 1.54) is 4.31 Å². The third-order valence-electron chi connectivity index (χ3n) is 2.06. The van der Waals surface area contributed by atoms with Gasteiger partial charge in [-0.25, -0.2) is 4.72 Å². The number of hydrogen-bond donors (Lipinski definition) is 2. The van der Waals surface area contributed by atoms with Gasteiger partial charge in [-0.05, 0) is 6.42 Å². The highest BCUT2D eigenvalue weighted by Gasteiger charge is 2.41. The number of nitrogens with zero attached hydrogens (tertiary/aromatic N) is 1. The molecule has 0 aromatic heterocycles. The molecular weight excluding hydrogens is 206 g/mol. The van der Waals surface area contributed by atoms with E-state index >= 15 is 0 Å². The molecule has 1 fully saturated rings. The number of carbonyl (C=O) groups is 1. The van der Waals surface area contributed by atoms with E-state index in [0.29, 0.717) is 13.0 Å². The fraction of sp³-hybridized carbons (Fsp3) is 0.857. The maximum absolute atomic E-state index is 11.3. The molecule has 7 heteroatoms. The summed E-state index contributed by atoms with van der Waals surface area (Å²) in [5.41, 5.74) is 0. The zero-order valence-corrected chi connectivity index (χ0v) is 9.30. The smallest absolute Gasteiger partial charge is 0.304 e. The Kier molecular flexibility index (Phi) is 4.50. The Hall–Kier alpha value is -0.660. The maximum atomic E-state index is 11.3. The summed E-state index contributed by atoms with van der Waals surface area (Å²) in [6.45, 7) is 3.98. The molecule has 1 atom stereocenters. The van der Waals surface area contributed by atoms with Crippen molar-refractivity contribution in [3.8, 4) is 0 Å². The molecule has 1 aliphatic rings. The van der Waals surface area contributed by atoms with Crippen molar-refractivity contribution in [2.45, 2.75) is 32.7 Å². The van der Waals surface area contributed by atoms with E-state index in [2.05, 4.69) is 0 Å². The molecule has 0 aliphatic carbocycles. The normalized spacial score (nSPS) is 25.6. The number of hydrogen-bond acceptors (Lipinski definition) is 4. The number of rotatable bonds is 3. The lowest BCUT2D eigenvalue weighted by molar-refractivity contribution is -0.121. The summed E-state index contributed by atoms with van der Waals surface area (Å²) in [5.74, 6) is -0.399. The number of amides is 1. The topological polar surface area (TPSA) is 101 Å². The predicted octanol–water partition coefficient (Wildman–Crippen LogP) is 0.0136. The van der Waals surface area contributed by atoms with Crippen molar-refractivity contribution in [2.75, 3.05) is 6.54 Å². The van der Waals surface area contributed by atoms with Crippen molar-refractivity contribution in [3.05, 3.63) is 0 Å². The highest BCUT2D eigenvalue weighted by atomic mass is 32.2. The molecule has 1 saturated heterocycles. The molecule has 1 heterocycles. The first-order chi connectivity index (χ1) is 6.03. The average Bonchev–Trinajstić information content (AvgIpc) is 2.22. The summed E-state index contributed by atoms with van der Waals surface area (Å²) in [4.78, 5) is 11.2. The van der Waals surface area contributed by atoms with E-state index in [1.807, 2.05) is 11.6 Å². The summed E-state index contributed by atoms with van der Waals surface area (Å²) >= 11 is 0. The molecule has 6 nitrogen and oxygen atoms in total. The minimum atomic E-state index is -3.52. The highest BCUT2D eigenvalue weighted by Crippen LogP contribution is 2.17. The first-order valence-corrected chi connectivity index (χ1v) is 5.80. The summed E-state index contributed by atoms with van der Waals surface area (Å²) in [7, 11) is -3.52. The fourth-order valence-corrected chi connectivity index (χ4v) is 2.87. The molecule has 0 aromatic rings. The van der Waals surface area contributed by atoms with Gasteiger partial charge in [0.1, 0.15) is 6.04 Å². The zero-order valence-electron chi connectivity index (χ0n) is 8.49. The van der Waals surface area contributed by atoms with E-state index in [9.17, 15) is 13.2 Å². The summed E-state index contributed by atoms with van der Waals surface area (Å²) < 4.78 is 25.8. The molecule has 1 amide bonds. The number of nitrogens with one attached hydrogen (secondary N) is 1. The number of carbonyl (C=O) groups excluding carboxylic acids is 1. The molecule has 0 radical (unpaired) electrons. The van der Waals surface area contributed by atoms with Gasteiger partial charge in [0.2, 0.25) is 0 Å². The van der Waals surface area contributed by atoms with Crippen LogP contribution in [0.25, 0.3) is 0 Å². The molecule has 4 N–H and O–H groups in total. The molecule has 0 spiro atoms. The van der Waals surface area contributed by atoms with Crippen molar-refractivity contribution in [3.63, 3.8) is 0 Å². The van der Waals surface area contributed by atoms with Gasteiger partial charge in [-0.1, -0.05) is 20.3 Å². The lowest BCUT2D eigenvalue weighted by Crippen LogP contribution is -2.35. The van der Waals surface area contributed by atoms with Crippen LogP contribution in [-0.2, 0) is 15.0 Å². The highest BCUT2D eigenvalue weighted by molar-refractivity contribution is 7.88. The van der Waals surface area contributed by atoms with Crippen molar-refractivity contribution in [2.24, 2.45) is 0 Å². The molecule has 1 rings (SSSR count). The predicted molar refractivity (Wildman–Crippen MR) is 53.2 cm³/mol. The molecule has 1 unspecified atom stereocenters. The summed E-state index contributed by atoms with van der Waals surface area (Å²) in [6, 6.07) is -0.500. The minimum absolute atomic E-state index is 0. The Morgan fingerprint density at radius 3 is 2.43 bits per heavy atom. The van der Waals surface area contributed by atoms with Crippen LogP contribution in [0.1, 0.15) is 26.7 Å². The van der Waals surface area contributed by atoms with Gasteiger partial charge in [-0.3, -0.25) is 4.79 Å². The Labute approximate surface area is 84.4 Å². The van der Waals surface area contributed by atoms with Crippen LogP contribution < -0.4 is 10.9 Å². The lowest BCUT2D eigenvalue weighted by atomic mass is 10.1. The van der Waals surface area contributed by atoms with Crippen LogP contribution in [0.4, 0.5) is 0 Å². The van der Waals surface area contributed by atoms with Crippen LogP contribution in [0.5, 0.6) is 0 Å². The lowest BCUT2D eigenvalue weighted by Gasteiger charge is -2.16. The Bertz CT molecular complexity index is 301. The van der Waals surface area contributed by atoms with Gasteiger partial charge < -0.3 is 6.15 Å². The van der Waals surface area contributed by atoms with Crippen molar-refractivity contribution >= 4 is 16.1 Å². The second kappa shape index (κ2) is 4.72. The Morgan fingerprint density at radius 2 is 2.00 bits per heavy atom. The van der Waals surface area contributed by atoms with Gasteiger partial charge in [0.15, 0.2) is 0 Å². The van der Waals surface area contributed by atoms with Gasteiger partial charge in [0.25, 0.3) is 5.91 Å². The van der Waals surface area contributed by atoms with Crippen LogP contribution in [0.3, 0.4) is 0 Å². The fourth-order valence-electron chi connectivity index (χ4n) is 1.49. The van der Waals surface area contributed by atoms with Gasteiger partial charge in [-0.2, -0.15) is 12.7 Å². The van der Waals surface area contributed by atoms with Crippen LogP contribution >= 0.6 is 0 Å². The average molecular weight is 223 g/mol. The van der Waals surface area contributed by atoms with E-state index in [4.69, 9.17) is 0 Å². The maximum Gasteiger partial charge on any atom is 0.304 e. The first kappa shape index (κ1) is 13.3. The van der Waals surface area contributed by atoms with Gasteiger partial charge in [-0.15, -0.1) is 0 Å². The third kappa shape index (κ3) is 2.23. The SMILES string of the molecule is CCCC1C(=O)NS(=O)(=O)N1CC.N. The molecule has 0 saturated carbocycles. The summed E-state index contributed by atoms with van der Waals surface area (Å²) in [5, 5.41) is 0. The van der Waals surface area contributed by atoms with Gasteiger partial charge in [0.05, 0.1) is 0 Å². The van der Waals surface area contributed by atoms with E-state index < -0.39 is 22.2 Å². The Morgan fingerprint density at radius 1 is 1.43 bits per heavy atom. The second-order valence-corrected chi connectivity index (χ2v) is 4.60. The first-order valence-electron chi connectivity index (χ1n) is 4.36. The van der Waals surface area contributed by atoms with Crippen LogP contribution in [0.15, 0.2) is 0 Å². The van der Waals surface area contributed by atoms with E-state index in [1.54, 1.807) is 6.92 Å². The monoisotopic (exact) mass is 223 g/mol. The quantitative estimate of drug-likeness (QED) is 0.703. The summed E-state index contributed by atoms with van der Waals surface area (Å²) in [6.07, 6.45) is 1.38. The van der Waals surface area contributed by atoms with Crippen molar-refractivity contribution in [1.82, 2.24) is 15.2 Å². The van der Waals surface area contributed by atoms with Crippen LogP contribution in [0, 0.1) is 0 Å². The molecule has 0 aromatic carbocycles. The van der Waals surface area contributed by atoms with Crippen LogP contribution in [0.2, 0.25) is 0 Å². The number of likely N-dealkylation sites (N-methyl/N-ethyl adjacent to an activating group) is 1. The van der Waals surface area contributed by atoms with Crippen molar-refractivity contribution < 1.29 is 13.2 Å². The van der Waals surface area contributed by atoms with E-state index in [-0.39, 0.29) is 6.15 Å². The molecule has 14 heavy (non-hydrogen) atoms. The second-order valence-electron chi connectivity index (χ2n) is 2.98. The standard InChI is InChI=1S/C7H14N2O3S.H3N/c1-3-5-6-7(10)8-13(11,12)9(6)4-2;/h6H,3-5H2,1-2H3,(H,8,10);1H3. The minimum Gasteiger partial charge on any atom is -0.344 e. The molecule has 1 aliphatic heterocycles. The van der Waals surface area contributed by atoms with Crippen molar-refractivity contribution in [1.29, 1.82) is 0 Å². The largest absolute Gasteiger partial charge is 0.344 e. The molecular formula is C7H17N3O3S.